The zero-order valence-corrected chi connectivity index (χ0v) is 18.5. The van der Waals surface area contributed by atoms with E-state index in [4.69, 9.17) is 11.6 Å². The van der Waals surface area contributed by atoms with Gasteiger partial charge >= 0.3 is 0 Å². The van der Waals surface area contributed by atoms with Crippen molar-refractivity contribution in [2.24, 2.45) is 0 Å². The van der Waals surface area contributed by atoms with Crippen LogP contribution in [0, 0.1) is 13.8 Å². The molecule has 3 aromatic heterocycles. The number of benzene rings is 2. The first-order chi connectivity index (χ1) is 15.0. The van der Waals surface area contributed by atoms with Gasteiger partial charge in [-0.1, -0.05) is 53.7 Å². The second-order valence-corrected chi connectivity index (χ2v) is 8.60. The van der Waals surface area contributed by atoms with Gasteiger partial charge in [-0.2, -0.15) is 0 Å². The van der Waals surface area contributed by atoms with Crippen LogP contribution in [0.2, 0.25) is 5.15 Å². The molecule has 154 valence electrons. The van der Waals surface area contributed by atoms with Crippen molar-refractivity contribution >= 4 is 40.0 Å². The summed E-state index contributed by atoms with van der Waals surface area (Å²) in [4.78, 5) is 17.6. The summed E-state index contributed by atoms with van der Waals surface area (Å²) in [5.74, 6) is 1.15. The van der Waals surface area contributed by atoms with Crippen LogP contribution >= 0.6 is 23.4 Å². The Bertz CT molecular complexity index is 1490. The molecular weight excluding hydrogens is 430 g/mol. The fourth-order valence-electron chi connectivity index (χ4n) is 3.61. The number of halogens is 1. The highest BCUT2D eigenvalue weighted by Gasteiger charge is 2.19. The molecule has 2 aromatic carbocycles. The lowest BCUT2D eigenvalue weighted by Crippen LogP contribution is -2.22. The zero-order valence-electron chi connectivity index (χ0n) is 16.9. The molecule has 0 spiro atoms. The van der Waals surface area contributed by atoms with E-state index in [1.807, 2.05) is 66.8 Å². The number of nitrogens with zero attached hydrogens (tertiary/aromatic N) is 5. The summed E-state index contributed by atoms with van der Waals surface area (Å²) in [6.45, 7) is 4.05. The molecule has 0 bridgehead atoms. The Hall–Kier alpha value is -3.16. The molecule has 6 nitrogen and oxygen atoms in total. The van der Waals surface area contributed by atoms with E-state index in [1.165, 1.54) is 11.8 Å². The Labute approximate surface area is 187 Å². The molecular formula is C23H18ClN5OS. The molecule has 0 N–H and O–H groups in total. The van der Waals surface area contributed by atoms with Crippen LogP contribution in [0.1, 0.15) is 16.7 Å². The third kappa shape index (κ3) is 3.40. The monoisotopic (exact) mass is 447 g/mol. The molecule has 0 aliphatic rings. The summed E-state index contributed by atoms with van der Waals surface area (Å²) in [6.07, 6.45) is 1.75. The molecule has 0 amide bonds. The van der Waals surface area contributed by atoms with Gasteiger partial charge < -0.3 is 0 Å². The van der Waals surface area contributed by atoms with Crippen LogP contribution in [0.3, 0.4) is 0 Å². The average molecular weight is 448 g/mol. The van der Waals surface area contributed by atoms with E-state index in [0.29, 0.717) is 27.2 Å². The van der Waals surface area contributed by atoms with Crippen LogP contribution in [-0.4, -0.2) is 24.1 Å². The molecule has 0 atom stereocenters. The van der Waals surface area contributed by atoms with Crippen molar-refractivity contribution in [3.63, 3.8) is 0 Å². The second kappa shape index (κ2) is 7.83. The molecule has 5 rings (SSSR count). The van der Waals surface area contributed by atoms with Crippen molar-refractivity contribution in [1.29, 1.82) is 0 Å². The molecule has 5 aromatic rings. The number of rotatable bonds is 4. The van der Waals surface area contributed by atoms with Crippen LogP contribution < -0.4 is 5.56 Å². The van der Waals surface area contributed by atoms with Crippen LogP contribution in [-0.2, 0) is 5.75 Å². The lowest BCUT2D eigenvalue weighted by Gasteiger charge is -2.14. The van der Waals surface area contributed by atoms with Crippen molar-refractivity contribution in [2.45, 2.75) is 24.8 Å². The maximum absolute atomic E-state index is 13.5. The smallest absolute Gasteiger partial charge is 0.267 e. The Morgan fingerprint density at radius 2 is 1.84 bits per heavy atom. The molecule has 0 fully saturated rings. The van der Waals surface area contributed by atoms with Gasteiger partial charge in [0, 0.05) is 11.9 Å². The maximum atomic E-state index is 13.5. The van der Waals surface area contributed by atoms with Crippen molar-refractivity contribution < 1.29 is 0 Å². The third-order valence-electron chi connectivity index (χ3n) is 5.37. The van der Waals surface area contributed by atoms with Crippen LogP contribution in [0.5, 0.6) is 0 Å². The lowest BCUT2D eigenvalue weighted by molar-refractivity contribution is 0.927. The highest BCUT2D eigenvalue weighted by atomic mass is 35.5. The summed E-state index contributed by atoms with van der Waals surface area (Å²) in [5.41, 5.74) is 4.66. The van der Waals surface area contributed by atoms with E-state index in [1.54, 1.807) is 16.8 Å². The summed E-state index contributed by atoms with van der Waals surface area (Å²) in [7, 11) is 0. The topological polar surface area (TPSA) is 65.1 Å². The number of aromatic nitrogens is 5. The van der Waals surface area contributed by atoms with Gasteiger partial charge in [-0.15, -0.1) is 10.2 Å². The van der Waals surface area contributed by atoms with Crippen molar-refractivity contribution in [3.8, 4) is 5.69 Å². The minimum Gasteiger partial charge on any atom is -0.268 e. The first kappa shape index (κ1) is 19.8. The highest BCUT2D eigenvalue weighted by Crippen LogP contribution is 2.27. The minimum atomic E-state index is -0.109. The molecule has 0 saturated heterocycles. The van der Waals surface area contributed by atoms with Gasteiger partial charge in [0.05, 0.1) is 16.6 Å². The van der Waals surface area contributed by atoms with Gasteiger partial charge in [-0.3, -0.25) is 9.20 Å². The summed E-state index contributed by atoms with van der Waals surface area (Å²) in [5, 5.41) is 10.6. The van der Waals surface area contributed by atoms with Gasteiger partial charge in [0.2, 0.25) is 5.78 Å². The molecule has 0 aliphatic heterocycles. The standard InChI is InChI=1S/C23H18ClN5OS/c1-14-6-5-9-18(15(14)2)28-21(30)17-7-3-4-8-19(17)29-22(28)26-27-23(29)31-13-16-10-11-20(24)25-12-16/h3-12H,13H2,1-2H3. The Morgan fingerprint density at radius 1 is 1.00 bits per heavy atom. The zero-order chi connectivity index (χ0) is 21.5. The number of fused-ring (bicyclic) bond motifs is 3. The van der Waals surface area contributed by atoms with Crippen molar-refractivity contribution in [2.75, 3.05) is 0 Å². The molecule has 31 heavy (non-hydrogen) atoms. The van der Waals surface area contributed by atoms with Gasteiger partial charge in [-0.05, 0) is 54.8 Å². The van der Waals surface area contributed by atoms with E-state index in [-0.39, 0.29) is 5.56 Å². The van der Waals surface area contributed by atoms with E-state index >= 15 is 0 Å². The first-order valence-electron chi connectivity index (χ1n) is 9.73. The Balaban J connectivity index is 1.73. The average Bonchev–Trinajstić information content (AvgIpc) is 3.20. The minimum absolute atomic E-state index is 0.109. The highest BCUT2D eigenvalue weighted by molar-refractivity contribution is 7.98. The summed E-state index contributed by atoms with van der Waals surface area (Å²) < 4.78 is 3.61. The van der Waals surface area contributed by atoms with Crippen molar-refractivity contribution in [1.82, 2.24) is 24.1 Å². The SMILES string of the molecule is Cc1cccc(-n2c(=O)c3ccccc3n3c(SCc4ccc(Cl)nc4)nnc23)c1C. The van der Waals surface area contributed by atoms with Crippen LogP contribution in [0.4, 0.5) is 0 Å². The lowest BCUT2D eigenvalue weighted by atomic mass is 10.1. The van der Waals surface area contributed by atoms with Gasteiger partial charge in [0.15, 0.2) is 5.16 Å². The number of thioether (sulfide) groups is 1. The quantitative estimate of drug-likeness (QED) is 0.287. The molecule has 0 saturated carbocycles. The summed E-state index contributed by atoms with van der Waals surface area (Å²) >= 11 is 7.43. The van der Waals surface area contributed by atoms with Gasteiger partial charge in [-0.25, -0.2) is 9.55 Å². The largest absolute Gasteiger partial charge is 0.268 e. The molecule has 8 heteroatoms. The van der Waals surface area contributed by atoms with Crippen LogP contribution in [0.25, 0.3) is 22.4 Å². The Morgan fingerprint density at radius 3 is 2.65 bits per heavy atom. The third-order valence-corrected chi connectivity index (χ3v) is 6.59. The normalized spacial score (nSPS) is 11.5. The van der Waals surface area contributed by atoms with Crippen LogP contribution in [0.15, 0.2) is 70.7 Å². The summed E-state index contributed by atoms with van der Waals surface area (Å²) in [6, 6.07) is 17.2. The molecule has 0 aliphatic carbocycles. The van der Waals surface area contributed by atoms with E-state index in [0.717, 1.165) is 27.9 Å². The number of pyridine rings is 1. The fourth-order valence-corrected chi connectivity index (χ4v) is 4.59. The number of hydrogen-bond donors (Lipinski definition) is 0. The molecule has 0 radical (unpaired) electrons. The Kier molecular flexibility index (Phi) is 5.00. The number of hydrogen-bond acceptors (Lipinski definition) is 5. The van der Waals surface area contributed by atoms with E-state index in [2.05, 4.69) is 15.2 Å². The van der Waals surface area contributed by atoms with Gasteiger partial charge in [0.25, 0.3) is 5.56 Å². The number of aryl methyl sites for hydroxylation is 1. The first-order valence-corrected chi connectivity index (χ1v) is 11.1. The molecule has 3 heterocycles. The number of para-hydroxylation sites is 1. The van der Waals surface area contributed by atoms with E-state index < -0.39 is 0 Å². The predicted molar refractivity (Wildman–Crippen MR) is 124 cm³/mol. The predicted octanol–water partition coefficient (Wildman–Crippen LogP) is 4.99. The maximum Gasteiger partial charge on any atom is 0.267 e. The van der Waals surface area contributed by atoms with Gasteiger partial charge in [0.1, 0.15) is 5.15 Å². The van der Waals surface area contributed by atoms with E-state index in [9.17, 15) is 4.79 Å². The second-order valence-electron chi connectivity index (χ2n) is 7.27. The fraction of sp³-hybridized carbons (Fsp3) is 0.130. The van der Waals surface area contributed by atoms with Crippen molar-refractivity contribution in [3.05, 3.63) is 93.0 Å². The molecule has 0 unspecified atom stereocenters.